The molecular weight excluding hydrogens is 398 g/mol. The fraction of sp³-hybridized carbons (Fsp3) is 0.870. The summed E-state index contributed by atoms with van der Waals surface area (Å²) in [5.41, 5.74) is -0.646. The number of carbonyl (C=O) groups is 3. The topological polar surface area (TPSA) is 108 Å². The van der Waals surface area contributed by atoms with Gasteiger partial charge in [-0.15, -0.1) is 0 Å². The highest BCUT2D eigenvalue weighted by atomic mass is 16.6. The highest BCUT2D eigenvalue weighted by Crippen LogP contribution is 2.40. The summed E-state index contributed by atoms with van der Waals surface area (Å²) < 4.78 is 5.63. The monoisotopic (exact) mass is 437 g/mol. The lowest BCUT2D eigenvalue weighted by molar-refractivity contribution is -0.133. The molecule has 0 radical (unpaired) electrons. The molecule has 2 saturated carbocycles. The van der Waals surface area contributed by atoms with Gasteiger partial charge in [-0.05, 0) is 65.2 Å². The van der Waals surface area contributed by atoms with Crippen molar-refractivity contribution in [3.05, 3.63) is 0 Å². The Morgan fingerprint density at radius 1 is 1.13 bits per heavy atom. The molecule has 0 aromatic heterocycles. The molecule has 31 heavy (non-hydrogen) atoms. The van der Waals surface area contributed by atoms with Crippen molar-refractivity contribution in [2.24, 2.45) is 5.92 Å². The molecule has 8 heteroatoms. The zero-order chi connectivity index (χ0) is 22.8. The molecule has 0 aromatic rings. The minimum atomic E-state index is -1.30. The normalized spacial score (nSPS) is 27.8. The molecule has 3 unspecified atom stereocenters. The smallest absolute Gasteiger partial charge is 0.411 e. The van der Waals surface area contributed by atoms with E-state index in [-0.39, 0.29) is 23.9 Å². The van der Waals surface area contributed by atoms with E-state index in [4.69, 9.17) is 4.74 Å². The second-order valence-corrected chi connectivity index (χ2v) is 10.4. The maximum absolute atomic E-state index is 13.3. The Morgan fingerprint density at radius 3 is 2.42 bits per heavy atom. The molecule has 3 fully saturated rings. The van der Waals surface area contributed by atoms with Crippen LogP contribution in [0.1, 0.15) is 85.5 Å². The van der Waals surface area contributed by atoms with Gasteiger partial charge in [-0.25, -0.2) is 4.79 Å². The third kappa shape index (κ3) is 6.11. The van der Waals surface area contributed by atoms with E-state index < -0.39 is 35.8 Å². The van der Waals surface area contributed by atoms with Crippen LogP contribution in [0.2, 0.25) is 0 Å². The Hall–Kier alpha value is -1.83. The van der Waals surface area contributed by atoms with E-state index in [1.165, 1.54) is 0 Å². The fourth-order valence-electron chi connectivity index (χ4n) is 4.87. The Bertz CT molecular complexity index is 673. The summed E-state index contributed by atoms with van der Waals surface area (Å²) in [6, 6.07) is -1.17. The first-order valence-electron chi connectivity index (χ1n) is 11.9. The van der Waals surface area contributed by atoms with Crippen molar-refractivity contribution in [3.8, 4) is 0 Å². The van der Waals surface area contributed by atoms with Crippen LogP contribution in [0.25, 0.3) is 0 Å². The Balaban J connectivity index is 1.72. The van der Waals surface area contributed by atoms with Crippen LogP contribution in [0.5, 0.6) is 0 Å². The maximum atomic E-state index is 13.3. The largest absolute Gasteiger partial charge is 0.444 e. The number of likely N-dealkylation sites (tertiary alicyclic amines) is 1. The van der Waals surface area contributed by atoms with Crippen LogP contribution in [0, 0.1) is 5.92 Å². The molecule has 0 spiro atoms. The molecule has 3 aliphatic rings. The third-order valence-electron chi connectivity index (χ3n) is 6.50. The average Bonchev–Trinajstić information content (AvgIpc) is 3.41. The first kappa shape index (κ1) is 23.8. The van der Waals surface area contributed by atoms with Gasteiger partial charge in [0.25, 0.3) is 5.91 Å². The number of carbonyl (C=O) groups excluding carboxylic acids is 3. The van der Waals surface area contributed by atoms with Crippen LogP contribution in [-0.2, 0) is 14.3 Å². The van der Waals surface area contributed by atoms with E-state index in [1.807, 2.05) is 27.7 Å². The molecule has 1 heterocycles. The highest BCUT2D eigenvalue weighted by molar-refractivity contribution is 5.88. The van der Waals surface area contributed by atoms with Gasteiger partial charge in [0.2, 0.25) is 5.91 Å². The second kappa shape index (κ2) is 9.76. The summed E-state index contributed by atoms with van der Waals surface area (Å²) in [5.74, 6) is -0.466. The molecule has 0 aromatic carbocycles. The summed E-state index contributed by atoms with van der Waals surface area (Å²) in [7, 11) is 0. The van der Waals surface area contributed by atoms with Crippen molar-refractivity contribution in [2.45, 2.75) is 121 Å². The first-order valence-corrected chi connectivity index (χ1v) is 11.9. The summed E-state index contributed by atoms with van der Waals surface area (Å²) in [6.45, 7) is 7.41. The van der Waals surface area contributed by atoms with E-state index in [1.54, 1.807) is 4.90 Å². The number of nitrogens with one attached hydrogen (secondary N) is 2. The number of hydrogen-bond donors (Lipinski definition) is 3. The molecule has 1 aliphatic heterocycles. The number of fused-ring (bicyclic) bond motifs is 1. The average molecular weight is 438 g/mol. The van der Waals surface area contributed by atoms with E-state index in [0.717, 1.165) is 38.5 Å². The van der Waals surface area contributed by atoms with Crippen molar-refractivity contribution in [1.29, 1.82) is 0 Å². The molecule has 3 amide bonds. The predicted molar refractivity (Wildman–Crippen MR) is 116 cm³/mol. The first-order chi connectivity index (χ1) is 14.6. The van der Waals surface area contributed by atoms with Crippen LogP contribution in [0.15, 0.2) is 0 Å². The van der Waals surface area contributed by atoms with Gasteiger partial charge >= 0.3 is 6.09 Å². The number of aliphatic hydroxyl groups is 1. The van der Waals surface area contributed by atoms with Gasteiger partial charge in [-0.3, -0.25) is 14.5 Å². The van der Waals surface area contributed by atoms with Crippen LogP contribution < -0.4 is 10.6 Å². The Labute approximate surface area is 185 Å². The van der Waals surface area contributed by atoms with Gasteiger partial charge in [-0.2, -0.15) is 0 Å². The van der Waals surface area contributed by atoms with Crippen molar-refractivity contribution in [3.63, 3.8) is 0 Å². The highest BCUT2D eigenvalue weighted by Gasteiger charge is 2.49. The minimum Gasteiger partial charge on any atom is -0.444 e. The molecule has 8 nitrogen and oxygen atoms in total. The molecule has 0 bridgehead atoms. The lowest BCUT2D eigenvalue weighted by Gasteiger charge is -2.35. The van der Waals surface area contributed by atoms with Crippen LogP contribution in [0.3, 0.4) is 0 Å². The second-order valence-electron chi connectivity index (χ2n) is 10.4. The Kier molecular flexibility index (Phi) is 7.50. The van der Waals surface area contributed by atoms with Gasteiger partial charge in [0.05, 0.1) is 6.04 Å². The number of amides is 3. The van der Waals surface area contributed by atoms with Crippen LogP contribution >= 0.6 is 0 Å². The molecule has 1 saturated heterocycles. The van der Waals surface area contributed by atoms with Crippen molar-refractivity contribution >= 4 is 17.9 Å². The van der Waals surface area contributed by atoms with Crippen molar-refractivity contribution in [1.82, 2.24) is 15.5 Å². The molecule has 3 rings (SSSR count). The number of nitrogens with zero attached hydrogens (tertiary/aromatic N) is 1. The summed E-state index contributed by atoms with van der Waals surface area (Å²) >= 11 is 0. The van der Waals surface area contributed by atoms with Crippen molar-refractivity contribution in [2.75, 3.05) is 0 Å². The lowest BCUT2D eigenvalue weighted by Crippen LogP contribution is -2.56. The van der Waals surface area contributed by atoms with Crippen molar-refractivity contribution < 1.29 is 24.2 Å². The molecule has 176 valence electrons. The lowest BCUT2D eigenvalue weighted by atomic mass is 9.85. The van der Waals surface area contributed by atoms with E-state index in [0.29, 0.717) is 19.3 Å². The minimum absolute atomic E-state index is 0.00654. The molecular formula is C23H39N3O5. The fourth-order valence-corrected chi connectivity index (χ4v) is 4.87. The standard InChI is InChI=1S/C23H39N3O5/c1-5-8-16(19(27)21(29)24-15-11-12-15)25-20(28)18-13-14-9-6-7-10-17(14)26(18)22(30)31-23(2,3)4/h14-19,27H,5-13H2,1-4H3,(H,24,29)(H,25,28)/t14?,16-,17?,18-,19?/m0/s1. The maximum Gasteiger partial charge on any atom is 0.411 e. The Morgan fingerprint density at radius 2 is 1.81 bits per heavy atom. The molecule has 2 aliphatic carbocycles. The summed E-state index contributed by atoms with van der Waals surface area (Å²) in [4.78, 5) is 40.3. The van der Waals surface area contributed by atoms with Crippen LogP contribution in [-0.4, -0.2) is 63.8 Å². The molecule has 3 N–H and O–H groups in total. The van der Waals surface area contributed by atoms with E-state index in [9.17, 15) is 19.5 Å². The number of hydrogen-bond acceptors (Lipinski definition) is 5. The zero-order valence-corrected chi connectivity index (χ0v) is 19.4. The van der Waals surface area contributed by atoms with Gasteiger partial charge in [0, 0.05) is 12.1 Å². The van der Waals surface area contributed by atoms with E-state index in [2.05, 4.69) is 10.6 Å². The van der Waals surface area contributed by atoms with Crippen LogP contribution in [0.4, 0.5) is 4.79 Å². The van der Waals surface area contributed by atoms with E-state index >= 15 is 0 Å². The van der Waals surface area contributed by atoms with Gasteiger partial charge in [-0.1, -0.05) is 26.2 Å². The summed E-state index contributed by atoms with van der Waals surface area (Å²) in [5, 5.41) is 16.3. The molecule has 5 atom stereocenters. The van der Waals surface area contributed by atoms with Gasteiger partial charge in [0.1, 0.15) is 11.6 Å². The SMILES string of the molecule is CCC[C@H](NC(=O)[C@@H]1CC2CCCCC2N1C(=O)OC(C)(C)C)C(O)C(=O)NC1CC1. The number of aliphatic hydroxyl groups excluding tert-OH is 1. The zero-order valence-electron chi connectivity index (χ0n) is 19.4. The quantitative estimate of drug-likeness (QED) is 0.567. The number of ether oxygens (including phenoxy) is 1. The van der Waals surface area contributed by atoms with Gasteiger partial charge < -0.3 is 20.5 Å². The summed E-state index contributed by atoms with van der Waals surface area (Å²) in [6.07, 6.45) is 5.91. The number of rotatable bonds is 7. The third-order valence-corrected chi connectivity index (χ3v) is 6.50. The van der Waals surface area contributed by atoms with Gasteiger partial charge in [0.15, 0.2) is 6.10 Å². The predicted octanol–water partition coefficient (Wildman–Crippen LogP) is 2.48.